The summed E-state index contributed by atoms with van der Waals surface area (Å²) in [6, 6.07) is 23.5. The van der Waals surface area contributed by atoms with Gasteiger partial charge in [0, 0.05) is 23.3 Å². The molecule has 1 atom stereocenters. The molecule has 0 saturated carbocycles. The topological polar surface area (TPSA) is 70.3 Å². The van der Waals surface area contributed by atoms with Gasteiger partial charge in [0.1, 0.15) is 18.5 Å². The molecule has 4 rings (SSSR count). The number of nitrogens with zero attached hydrogens (tertiary/aromatic N) is 2. The van der Waals surface area contributed by atoms with E-state index in [0.717, 1.165) is 33.5 Å². The van der Waals surface area contributed by atoms with Gasteiger partial charge < -0.3 is 4.74 Å². The van der Waals surface area contributed by atoms with Crippen LogP contribution in [0.2, 0.25) is 0 Å². The zero-order valence-electron chi connectivity index (χ0n) is 14.7. The minimum atomic E-state index is -0.366. The van der Waals surface area contributed by atoms with E-state index < -0.39 is 0 Å². The van der Waals surface area contributed by atoms with Crippen LogP contribution in [0.3, 0.4) is 0 Å². The van der Waals surface area contributed by atoms with Crippen LogP contribution in [0.25, 0.3) is 10.9 Å². The Morgan fingerprint density at radius 1 is 0.852 bits per heavy atom. The molecule has 0 amide bonds. The second-order valence-corrected chi connectivity index (χ2v) is 6.16. The molecule has 0 fully saturated rings. The maximum absolute atomic E-state index is 5.87. The van der Waals surface area contributed by atoms with Gasteiger partial charge >= 0.3 is 0 Å². The molecule has 134 valence electrons. The Hall–Kier alpha value is -3.28. The summed E-state index contributed by atoms with van der Waals surface area (Å²) >= 11 is 0. The van der Waals surface area contributed by atoms with Crippen LogP contribution in [0.4, 0.5) is 0 Å². The first-order valence-electron chi connectivity index (χ1n) is 8.66. The van der Waals surface area contributed by atoms with Crippen molar-refractivity contribution in [2.45, 2.75) is 12.7 Å². The van der Waals surface area contributed by atoms with Gasteiger partial charge in [-0.15, -0.1) is 0 Å². The third kappa shape index (κ3) is 3.95. The Bertz CT molecular complexity index is 1020. The summed E-state index contributed by atoms with van der Waals surface area (Å²) < 4.78 is 5.87. The number of ether oxygens (including phenoxy) is 1. The van der Waals surface area contributed by atoms with E-state index in [-0.39, 0.29) is 6.10 Å². The molecule has 2 aromatic carbocycles. The molecule has 0 radical (unpaired) electrons. The predicted octanol–water partition coefficient (Wildman–Crippen LogP) is 4.19. The normalized spacial score (nSPS) is 12.0. The van der Waals surface area contributed by atoms with Crippen LogP contribution in [0.5, 0.6) is 5.75 Å². The van der Waals surface area contributed by atoms with Crippen LogP contribution in [0.15, 0.2) is 85.2 Å². The maximum Gasteiger partial charge on any atom is 0.130 e. The van der Waals surface area contributed by atoms with Crippen LogP contribution in [0, 0.1) is 0 Å². The van der Waals surface area contributed by atoms with Crippen molar-refractivity contribution in [2.75, 3.05) is 0 Å². The summed E-state index contributed by atoms with van der Waals surface area (Å²) in [5.74, 6) is 6.25. The van der Waals surface area contributed by atoms with Gasteiger partial charge in [-0.2, -0.15) is 0 Å². The SMILES string of the molecule is NOC(c1ccc(OCc2ccc3ccccc3n2)cc1)c1cccnc1. The monoisotopic (exact) mass is 357 g/mol. The highest BCUT2D eigenvalue weighted by molar-refractivity contribution is 5.78. The zero-order valence-corrected chi connectivity index (χ0v) is 14.7. The van der Waals surface area contributed by atoms with Crippen LogP contribution >= 0.6 is 0 Å². The number of nitrogens with two attached hydrogens (primary N) is 1. The van der Waals surface area contributed by atoms with E-state index in [9.17, 15) is 0 Å². The molecule has 2 aromatic heterocycles. The number of fused-ring (bicyclic) bond motifs is 1. The highest BCUT2D eigenvalue weighted by atomic mass is 16.6. The second kappa shape index (κ2) is 7.95. The average molecular weight is 357 g/mol. The molecule has 5 heteroatoms. The molecular formula is C22H19N3O2. The Labute approximate surface area is 157 Å². The van der Waals surface area contributed by atoms with Crippen LogP contribution < -0.4 is 10.6 Å². The molecule has 27 heavy (non-hydrogen) atoms. The molecule has 0 aliphatic heterocycles. The van der Waals surface area contributed by atoms with E-state index in [2.05, 4.69) is 16.0 Å². The number of hydrogen-bond acceptors (Lipinski definition) is 5. The third-order valence-corrected chi connectivity index (χ3v) is 4.35. The van der Waals surface area contributed by atoms with Crippen molar-refractivity contribution in [3.05, 3.63) is 102 Å². The smallest absolute Gasteiger partial charge is 0.130 e. The van der Waals surface area contributed by atoms with Gasteiger partial charge in [-0.1, -0.05) is 42.5 Å². The molecule has 1 unspecified atom stereocenters. The number of hydrogen-bond donors (Lipinski definition) is 1. The van der Waals surface area contributed by atoms with Crippen molar-refractivity contribution in [1.29, 1.82) is 0 Å². The molecule has 0 saturated heterocycles. The summed E-state index contributed by atoms with van der Waals surface area (Å²) in [5, 5.41) is 1.12. The van der Waals surface area contributed by atoms with Crippen LogP contribution in [0.1, 0.15) is 22.9 Å². The highest BCUT2D eigenvalue weighted by Gasteiger charge is 2.14. The lowest BCUT2D eigenvalue weighted by Gasteiger charge is -2.15. The Morgan fingerprint density at radius 2 is 1.70 bits per heavy atom. The summed E-state index contributed by atoms with van der Waals surface area (Å²) in [7, 11) is 0. The minimum absolute atomic E-state index is 0.366. The van der Waals surface area contributed by atoms with Crippen LogP contribution in [-0.4, -0.2) is 9.97 Å². The van der Waals surface area contributed by atoms with E-state index in [1.807, 2.05) is 66.7 Å². The van der Waals surface area contributed by atoms with Gasteiger partial charge in [0.2, 0.25) is 0 Å². The first-order valence-corrected chi connectivity index (χ1v) is 8.66. The van der Waals surface area contributed by atoms with Crippen molar-refractivity contribution in [3.8, 4) is 5.75 Å². The third-order valence-electron chi connectivity index (χ3n) is 4.35. The van der Waals surface area contributed by atoms with E-state index in [0.29, 0.717) is 6.61 Å². The Balaban J connectivity index is 1.45. The molecule has 5 nitrogen and oxygen atoms in total. The van der Waals surface area contributed by atoms with Gasteiger partial charge in [-0.3, -0.25) is 9.82 Å². The Morgan fingerprint density at radius 3 is 2.48 bits per heavy atom. The van der Waals surface area contributed by atoms with E-state index in [1.54, 1.807) is 12.4 Å². The maximum atomic E-state index is 5.87. The van der Waals surface area contributed by atoms with E-state index in [4.69, 9.17) is 15.5 Å². The molecule has 0 spiro atoms. The van der Waals surface area contributed by atoms with Crippen LogP contribution in [-0.2, 0) is 11.4 Å². The van der Waals surface area contributed by atoms with Gasteiger partial charge in [0.25, 0.3) is 0 Å². The lowest BCUT2D eigenvalue weighted by molar-refractivity contribution is 0.0810. The minimum Gasteiger partial charge on any atom is -0.487 e. The first kappa shape index (κ1) is 17.1. The lowest BCUT2D eigenvalue weighted by Crippen LogP contribution is -2.11. The number of pyridine rings is 2. The lowest BCUT2D eigenvalue weighted by atomic mass is 10.0. The largest absolute Gasteiger partial charge is 0.487 e. The zero-order chi connectivity index (χ0) is 18.5. The molecule has 0 aliphatic carbocycles. The van der Waals surface area contributed by atoms with E-state index >= 15 is 0 Å². The molecule has 0 aliphatic rings. The van der Waals surface area contributed by atoms with Crippen molar-refractivity contribution in [3.63, 3.8) is 0 Å². The fourth-order valence-corrected chi connectivity index (χ4v) is 2.97. The summed E-state index contributed by atoms with van der Waals surface area (Å²) in [5.41, 5.74) is 3.68. The molecule has 2 N–H and O–H groups in total. The summed E-state index contributed by atoms with van der Waals surface area (Å²) in [6.45, 7) is 0.406. The quantitative estimate of drug-likeness (QED) is 0.524. The second-order valence-electron chi connectivity index (χ2n) is 6.16. The van der Waals surface area contributed by atoms with Gasteiger partial charge in [-0.05, 0) is 35.9 Å². The van der Waals surface area contributed by atoms with Gasteiger partial charge in [0.05, 0.1) is 11.2 Å². The average Bonchev–Trinajstić information content (AvgIpc) is 2.74. The first-order chi connectivity index (χ1) is 13.3. The number of para-hydroxylation sites is 1. The van der Waals surface area contributed by atoms with Crippen molar-refractivity contribution in [1.82, 2.24) is 9.97 Å². The fourth-order valence-electron chi connectivity index (χ4n) is 2.97. The van der Waals surface area contributed by atoms with Crippen molar-refractivity contribution in [2.24, 2.45) is 5.90 Å². The number of aromatic nitrogens is 2. The van der Waals surface area contributed by atoms with Crippen molar-refractivity contribution >= 4 is 10.9 Å². The van der Waals surface area contributed by atoms with Crippen molar-refractivity contribution < 1.29 is 9.57 Å². The molecule has 0 bridgehead atoms. The summed E-state index contributed by atoms with van der Waals surface area (Å²) in [4.78, 5) is 13.9. The molecule has 4 aromatic rings. The van der Waals surface area contributed by atoms with Gasteiger partial charge in [-0.25, -0.2) is 10.9 Å². The predicted molar refractivity (Wildman–Crippen MR) is 104 cm³/mol. The summed E-state index contributed by atoms with van der Waals surface area (Å²) in [6.07, 6.45) is 3.09. The number of rotatable bonds is 6. The standard InChI is InChI=1S/C22H19N3O2/c23-27-22(18-5-3-13-24-14-18)17-8-11-20(12-9-17)26-15-19-10-7-16-4-1-2-6-21(16)25-19/h1-14,22H,15,23H2. The highest BCUT2D eigenvalue weighted by Crippen LogP contribution is 2.26. The van der Waals surface area contributed by atoms with E-state index in [1.165, 1.54) is 0 Å². The Kier molecular flexibility index (Phi) is 5.05. The van der Waals surface area contributed by atoms with Gasteiger partial charge in [0.15, 0.2) is 0 Å². The fraction of sp³-hybridized carbons (Fsp3) is 0.0909. The number of benzene rings is 2. The molecular weight excluding hydrogens is 338 g/mol. The molecule has 2 heterocycles.